The van der Waals surface area contributed by atoms with Crippen molar-refractivity contribution in [2.75, 3.05) is 0 Å². The van der Waals surface area contributed by atoms with Crippen LogP contribution in [0.4, 0.5) is 0 Å². The zero-order valence-corrected chi connectivity index (χ0v) is 28.6. The maximum absolute atomic E-state index is 14.1. The molecule has 0 aliphatic heterocycles. The Bertz CT molecular complexity index is 1350. The molecule has 220 valence electrons. The van der Waals surface area contributed by atoms with Crippen LogP contribution in [0.2, 0.25) is 13.3 Å². The van der Waals surface area contributed by atoms with Gasteiger partial charge < -0.3 is 0 Å². The third-order valence-electron chi connectivity index (χ3n) is 8.47. The second kappa shape index (κ2) is 12.5. The number of phenols is 2. The first kappa shape index (κ1) is 31.7. The summed E-state index contributed by atoms with van der Waals surface area (Å²) in [6.45, 7) is 13.5. The third kappa shape index (κ3) is 7.57. The van der Waals surface area contributed by atoms with E-state index in [1.807, 2.05) is 18.2 Å². The number of benzene rings is 4. The van der Waals surface area contributed by atoms with Crippen molar-refractivity contribution in [1.82, 2.24) is 0 Å². The molecule has 4 aromatic carbocycles. The first-order valence-electron chi connectivity index (χ1n) is 14.7. The van der Waals surface area contributed by atoms with Crippen molar-refractivity contribution in [2.24, 2.45) is 0 Å². The van der Waals surface area contributed by atoms with Crippen LogP contribution in [0, 0.1) is 0 Å². The molecule has 0 aromatic heterocycles. The van der Waals surface area contributed by atoms with Gasteiger partial charge in [-0.1, -0.05) is 0 Å². The Morgan fingerprint density at radius 3 is 1.31 bits per heavy atom. The summed E-state index contributed by atoms with van der Waals surface area (Å²) < 4.78 is 9.19. The van der Waals surface area contributed by atoms with Crippen LogP contribution in [0.1, 0.15) is 68.6 Å². The van der Waals surface area contributed by atoms with Crippen molar-refractivity contribution in [3.63, 3.8) is 0 Å². The molecule has 0 bridgehead atoms. The molecule has 42 heavy (non-hydrogen) atoms. The standard InChI is InChI=1S/3C10H13.C7H6O4.Sn/c3*1-10(2,3)9-7-5-4-6-8-9;8-4-1-2-6(9)5(3-4)7(10)11;/h3*4-8H,1H2,2-3H3;1-3,8-9H,(H,10,11);/q;;;;+1/p-1. The Hall–Kier alpha value is -3.25. The Balaban J connectivity index is 1.89. The summed E-state index contributed by atoms with van der Waals surface area (Å²) in [4.78, 5) is 14.1. The molecule has 0 fully saturated rings. The van der Waals surface area contributed by atoms with Gasteiger partial charge in [0.1, 0.15) is 0 Å². The molecule has 4 rings (SSSR count). The second-order valence-corrected chi connectivity index (χ2v) is 23.9. The number of carbonyl (C=O) groups excluding carboxylic acids is 1. The Kier molecular flexibility index (Phi) is 9.46. The Morgan fingerprint density at radius 2 is 0.952 bits per heavy atom. The van der Waals surface area contributed by atoms with Crippen LogP contribution in [-0.2, 0) is 19.3 Å². The van der Waals surface area contributed by atoms with E-state index in [0.717, 1.165) is 13.3 Å². The van der Waals surface area contributed by atoms with Gasteiger partial charge >= 0.3 is 257 Å². The van der Waals surface area contributed by atoms with E-state index in [4.69, 9.17) is 3.07 Å². The predicted octanol–water partition coefficient (Wildman–Crippen LogP) is 9.13. The summed E-state index contributed by atoms with van der Waals surface area (Å²) in [5.74, 6) is -0.833. The zero-order valence-electron chi connectivity index (χ0n) is 25.7. The number of hydrogen-bond acceptors (Lipinski definition) is 4. The topological polar surface area (TPSA) is 66.8 Å². The van der Waals surface area contributed by atoms with Crippen molar-refractivity contribution in [3.8, 4) is 11.5 Å². The number of phenolic OH excluding ortho intramolecular Hbond substituents is 2. The summed E-state index contributed by atoms with van der Waals surface area (Å²) in [5.41, 5.74) is 2.82. The quantitative estimate of drug-likeness (QED) is 0.123. The fourth-order valence-electron chi connectivity index (χ4n) is 6.63. The van der Waals surface area contributed by atoms with E-state index in [-0.39, 0.29) is 33.3 Å². The number of aromatic hydroxyl groups is 2. The minimum atomic E-state index is -4.16. The molecule has 4 nitrogen and oxygen atoms in total. The van der Waals surface area contributed by atoms with Gasteiger partial charge in [0.15, 0.2) is 0 Å². The van der Waals surface area contributed by atoms with E-state index in [9.17, 15) is 15.0 Å². The van der Waals surface area contributed by atoms with Gasteiger partial charge in [-0.05, 0) is 0 Å². The maximum atomic E-state index is 14.1. The SMILES string of the molecule is CC(C)([CH2][Sn]([CH2]C(C)(C)c1ccccc1)([CH2]C(C)(C)c1ccccc1)[O]C(=O)c1cc(O)ccc1O)c1ccccc1. The molecule has 0 amide bonds. The van der Waals surface area contributed by atoms with Gasteiger partial charge in [-0.3, -0.25) is 0 Å². The predicted molar refractivity (Wildman–Crippen MR) is 174 cm³/mol. The van der Waals surface area contributed by atoms with Crippen LogP contribution in [0.3, 0.4) is 0 Å². The molecule has 0 saturated carbocycles. The van der Waals surface area contributed by atoms with Gasteiger partial charge in [0, 0.05) is 0 Å². The summed E-state index contributed by atoms with van der Waals surface area (Å²) in [6, 6.07) is 35.4. The average Bonchev–Trinajstić information content (AvgIpc) is 2.95. The van der Waals surface area contributed by atoms with Crippen LogP contribution in [-0.4, -0.2) is 35.0 Å². The van der Waals surface area contributed by atoms with Gasteiger partial charge in [-0.2, -0.15) is 0 Å². The fraction of sp³-hybridized carbons (Fsp3) is 0.324. The molecule has 0 heterocycles. The van der Waals surface area contributed by atoms with E-state index in [2.05, 4.69) is 114 Å². The van der Waals surface area contributed by atoms with Crippen LogP contribution in [0.5, 0.6) is 11.5 Å². The van der Waals surface area contributed by atoms with Gasteiger partial charge in [-0.15, -0.1) is 0 Å². The fourth-order valence-corrected chi connectivity index (χ4v) is 25.3. The molecular formula is C37H44O4Sn. The van der Waals surface area contributed by atoms with Gasteiger partial charge in [0.25, 0.3) is 0 Å². The summed E-state index contributed by atoms with van der Waals surface area (Å²) in [7, 11) is 0. The Morgan fingerprint density at radius 1 is 0.595 bits per heavy atom. The first-order chi connectivity index (χ1) is 19.7. The molecule has 0 aliphatic carbocycles. The second-order valence-electron chi connectivity index (χ2n) is 13.6. The van der Waals surface area contributed by atoms with Crippen molar-refractivity contribution in [1.29, 1.82) is 0 Å². The van der Waals surface area contributed by atoms with E-state index in [1.165, 1.54) is 34.9 Å². The van der Waals surface area contributed by atoms with E-state index >= 15 is 0 Å². The first-order valence-corrected chi connectivity index (χ1v) is 21.9. The molecule has 0 radical (unpaired) electrons. The normalized spacial score (nSPS) is 12.6. The molecule has 2 N–H and O–H groups in total. The number of rotatable bonds is 11. The molecule has 5 heteroatoms. The van der Waals surface area contributed by atoms with Crippen molar-refractivity contribution in [3.05, 3.63) is 131 Å². The van der Waals surface area contributed by atoms with Crippen LogP contribution in [0.15, 0.2) is 109 Å². The van der Waals surface area contributed by atoms with E-state index < -0.39 is 24.8 Å². The summed E-state index contributed by atoms with van der Waals surface area (Å²) >= 11 is -4.16. The molecular weight excluding hydrogens is 627 g/mol. The monoisotopic (exact) mass is 672 g/mol. The van der Waals surface area contributed by atoms with Crippen molar-refractivity contribution in [2.45, 2.75) is 71.1 Å². The van der Waals surface area contributed by atoms with E-state index in [1.54, 1.807) is 0 Å². The van der Waals surface area contributed by atoms with Gasteiger partial charge in [-0.25, -0.2) is 0 Å². The molecule has 0 aliphatic rings. The average molecular weight is 671 g/mol. The Labute approximate surface area is 255 Å². The summed E-state index contributed by atoms with van der Waals surface area (Å²) in [5, 5.41) is 20.8. The number of carbonyl (C=O) groups is 1. The molecule has 0 saturated heterocycles. The van der Waals surface area contributed by atoms with Gasteiger partial charge in [0.2, 0.25) is 0 Å². The molecule has 0 spiro atoms. The molecule has 0 atom stereocenters. The van der Waals surface area contributed by atoms with Crippen LogP contribution in [0.25, 0.3) is 0 Å². The third-order valence-corrected chi connectivity index (χ3v) is 23.3. The summed E-state index contributed by atoms with van der Waals surface area (Å²) in [6.07, 6.45) is 0. The van der Waals surface area contributed by atoms with E-state index in [0.29, 0.717) is 0 Å². The zero-order chi connectivity index (χ0) is 30.6. The molecule has 0 unspecified atom stereocenters. The number of hydrogen-bond donors (Lipinski definition) is 2. The van der Waals surface area contributed by atoms with Crippen molar-refractivity contribution < 1.29 is 18.1 Å². The van der Waals surface area contributed by atoms with Crippen LogP contribution < -0.4 is 0 Å². The van der Waals surface area contributed by atoms with Crippen molar-refractivity contribution >= 4 is 24.8 Å². The van der Waals surface area contributed by atoms with Crippen LogP contribution >= 0.6 is 0 Å². The van der Waals surface area contributed by atoms with Gasteiger partial charge in [0.05, 0.1) is 0 Å². The molecule has 4 aromatic rings. The minimum absolute atomic E-state index is 0.00336.